The molecule has 2 nitrogen and oxygen atoms in total. The topological polar surface area (TPSA) is 6.48 Å². The van der Waals surface area contributed by atoms with Crippen LogP contribution < -0.4 is 0 Å². The summed E-state index contributed by atoms with van der Waals surface area (Å²) in [5, 5.41) is 0. The normalized spacial score (nSPS) is 25.4. The van der Waals surface area contributed by atoms with Crippen LogP contribution in [-0.2, 0) is 0 Å². The Hall–Kier alpha value is -0.0800. The summed E-state index contributed by atoms with van der Waals surface area (Å²) in [5.41, 5.74) is 1.03. The Balaban J connectivity index is 1.43. The van der Waals surface area contributed by atoms with E-state index in [0.29, 0.717) is 10.8 Å². The Morgan fingerprint density at radius 3 is 1.56 bits per heavy atom. The number of hydrogen-bond acceptors (Lipinski definition) is 2. The van der Waals surface area contributed by atoms with Gasteiger partial charge in [0.2, 0.25) is 0 Å². The van der Waals surface area contributed by atoms with Gasteiger partial charge in [0.05, 0.1) is 0 Å². The van der Waals surface area contributed by atoms with Gasteiger partial charge in [0.1, 0.15) is 0 Å². The Labute approximate surface area is 170 Å². The maximum absolute atomic E-state index is 2.78. The van der Waals surface area contributed by atoms with E-state index in [1.807, 2.05) is 0 Å². The zero-order valence-corrected chi connectivity index (χ0v) is 19.4. The van der Waals surface area contributed by atoms with Crippen LogP contribution in [0.15, 0.2) is 0 Å². The molecule has 0 aromatic rings. The molecule has 0 radical (unpaired) electrons. The summed E-state index contributed by atoms with van der Waals surface area (Å²) in [6.07, 6.45) is 11.5. The first-order valence-corrected chi connectivity index (χ1v) is 12.1. The summed E-state index contributed by atoms with van der Waals surface area (Å²) < 4.78 is 0. The fourth-order valence-corrected chi connectivity index (χ4v) is 5.95. The van der Waals surface area contributed by atoms with Crippen molar-refractivity contribution >= 4 is 0 Å². The standard InChI is InChI=1S/C25H48N2/c1-20(2)19-26-15-9-21(10-16-26)24(3,4)13-14-25(5,6)22-11-17-27(18-12-22)23-7-8-23/h20-23H,7-19H2,1-6H3. The average Bonchev–Trinajstić information content (AvgIpc) is 3.45. The number of piperidine rings is 2. The van der Waals surface area contributed by atoms with Gasteiger partial charge in [0, 0.05) is 12.6 Å². The largest absolute Gasteiger partial charge is 0.303 e. The van der Waals surface area contributed by atoms with Gasteiger partial charge in [0.15, 0.2) is 0 Å². The monoisotopic (exact) mass is 376 g/mol. The van der Waals surface area contributed by atoms with Gasteiger partial charge in [-0.05, 0) is 106 Å². The molecule has 3 aliphatic rings. The molecule has 0 atom stereocenters. The van der Waals surface area contributed by atoms with Crippen molar-refractivity contribution in [3.8, 4) is 0 Å². The fourth-order valence-electron chi connectivity index (χ4n) is 5.95. The second-order valence-electron chi connectivity index (χ2n) is 12.0. The predicted molar refractivity (Wildman–Crippen MR) is 118 cm³/mol. The van der Waals surface area contributed by atoms with E-state index in [1.165, 1.54) is 84.1 Å². The molecule has 2 saturated heterocycles. The molecule has 1 saturated carbocycles. The fraction of sp³-hybridized carbons (Fsp3) is 1.00. The van der Waals surface area contributed by atoms with Crippen molar-refractivity contribution in [3.63, 3.8) is 0 Å². The molecule has 27 heavy (non-hydrogen) atoms. The van der Waals surface area contributed by atoms with Gasteiger partial charge in [-0.3, -0.25) is 0 Å². The minimum absolute atomic E-state index is 0.510. The number of hydrogen-bond donors (Lipinski definition) is 0. The number of nitrogens with zero attached hydrogens (tertiary/aromatic N) is 2. The first-order chi connectivity index (χ1) is 12.7. The summed E-state index contributed by atoms with van der Waals surface area (Å²) in [6.45, 7) is 21.7. The van der Waals surface area contributed by atoms with E-state index in [1.54, 1.807) is 0 Å². The molecule has 1 aliphatic carbocycles. The van der Waals surface area contributed by atoms with Gasteiger partial charge in [-0.25, -0.2) is 0 Å². The van der Waals surface area contributed by atoms with Gasteiger partial charge in [0.25, 0.3) is 0 Å². The van der Waals surface area contributed by atoms with Gasteiger partial charge in [-0.15, -0.1) is 0 Å². The first kappa shape index (κ1) is 21.6. The molecule has 0 unspecified atom stereocenters. The summed E-state index contributed by atoms with van der Waals surface area (Å²) in [4.78, 5) is 5.48. The van der Waals surface area contributed by atoms with Crippen LogP contribution in [0, 0.1) is 28.6 Å². The second kappa shape index (κ2) is 8.74. The highest BCUT2D eigenvalue weighted by Crippen LogP contribution is 2.46. The van der Waals surface area contributed by atoms with E-state index < -0.39 is 0 Å². The minimum atomic E-state index is 0.510. The third-order valence-electron chi connectivity index (χ3n) is 8.43. The van der Waals surface area contributed by atoms with Gasteiger partial charge >= 0.3 is 0 Å². The molecular weight excluding hydrogens is 328 g/mol. The van der Waals surface area contributed by atoms with Crippen LogP contribution in [0.1, 0.15) is 92.9 Å². The van der Waals surface area contributed by atoms with Crippen LogP contribution in [0.4, 0.5) is 0 Å². The van der Waals surface area contributed by atoms with E-state index >= 15 is 0 Å². The maximum Gasteiger partial charge on any atom is 0.00964 e. The summed E-state index contributed by atoms with van der Waals surface area (Å²) in [5.74, 6) is 2.67. The molecule has 0 aromatic carbocycles. The molecule has 2 aliphatic heterocycles. The van der Waals surface area contributed by atoms with Crippen LogP contribution in [0.25, 0.3) is 0 Å². The smallest absolute Gasteiger partial charge is 0.00964 e. The minimum Gasteiger partial charge on any atom is -0.303 e. The lowest BCUT2D eigenvalue weighted by Gasteiger charge is -2.45. The van der Waals surface area contributed by atoms with E-state index in [0.717, 1.165) is 23.8 Å². The van der Waals surface area contributed by atoms with Crippen LogP contribution in [-0.4, -0.2) is 48.6 Å². The third-order valence-corrected chi connectivity index (χ3v) is 8.43. The molecule has 0 aromatic heterocycles. The molecule has 0 bridgehead atoms. The summed E-state index contributed by atoms with van der Waals surface area (Å²) >= 11 is 0. The lowest BCUT2D eigenvalue weighted by atomic mass is 9.65. The van der Waals surface area contributed by atoms with Gasteiger partial charge in [-0.2, -0.15) is 0 Å². The highest BCUT2D eigenvalue weighted by molar-refractivity contribution is 4.92. The highest BCUT2D eigenvalue weighted by atomic mass is 15.2. The summed E-state index contributed by atoms with van der Waals surface area (Å²) in [6, 6.07) is 0.967. The highest BCUT2D eigenvalue weighted by Gasteiger charge is 2.39. The first-order valence-electron chi connectivity index (χ1n) is 12.1. The quantitative estimate of drug-likeness (QED) is 0.508. The average molecular weight is 377 g/mol. The maximum atomic E-state index is 2.78. The van der Waals surface area contributed by atoms with Crippen molar-refractivity contribution in [2.24, 2.45) is 28.6 Å². The van der Waals surface area contributed by atoms with Crippen molar-refractivity contribution in [1.29, 1.82) is 0 Å². The number of likely N-dealkylation sites (tertiary alicyclic amines) is 2. The molecular formula is C25H48N2. The van der Waals surface area contributed by atoms with Crippen molar-refractivity contribution in [1.82, 2.24) is 9.80 Å². The van der Waals surface area contributed by atoms with Crippen LogP contribution in [0.3, 0.4) is 0 Å². The van der Waals surface area contributed by atoms with Crippen LogP contribution in [0.5, 0.6) is 0 Å². The Bertz CT molecular complexity index is 447. The van der Waals surface area contributed by atoms with Gasteiger partial charge in [-0.1, -0.05) is 41.5 Å². The molecule has 0 spiro atoms. The second-order valence-corrected chi connectivity index (χ2v) is 12.0. The SMILES string of the molecule is CC(C)CN1CCC(C(C)(C)CCC(C)(C)C2CCN(C3CC3)CC2)CC1. The zero-order chi connectivity index (χ0) is 19.7. The molecule has 0 N–H and O–H groups in total. The lowest BCUT2D eigenvalue weighted by molar-refractivity contribution is 0.0509. The van der Waals surface area contributed by atoms with Gasteiger partial charge < -0.3 is 9.80 Å². The van der Waals surface area contributed by atoms with E-state index in [-0.39, 0.29) is 0 Å². The van der Waals surface area contributed by atoms with Crippen molar-refractivity contribution in [3.05, 3.63) is 0 Å². The molecule has 0 amide bonds. The molecule has 2 heterocycles. The van der Waals surface area contributed by atoms with Crippen molar-refractivity contribution < 1.29 is 0 Å². The van der Waals surface area contributed by atoms with E-state index in [9.17, 15) is 0 Å². The zero-order valence-electron chi connectivity index (χ0n) is 19.4. The lowest BCUT2D eigenvalue weighted by Crippen LogP contribution is -2.42. The molecule has 2 heteroatoms. The molecule has 158 valence electrons. The third kappa shape index (κ3) is 5.95. The van der Waals surface area contributed by atoms with Crippen molar-refractivity contribution in [2.45, 2.75) is 99.0 Å². The molecule has 3 fully saturated rings. The Morgan fingerprint density at radius 1 is 0.704 bits per heavy atom. The summed E-state index contributed by atoms with van der Waals surface area (Å²) in [7, 11) is 0. The van der Waals surface area contributed by atoms with Crippen LogP contribution >= 0.6 is 0 Å². The Kier molecular flexibility index (Phi) is 7.00. The van der Waals surface area contributed by atoms with E-state index in [4.69, 9.17) is 0 Å². The van der Waals surface area contributed by atoms with Crippen LogP contribution in [0.2, 0.25) is 0 Å². The predicted octanol–water partition coefficient (Wildman–Crippen LogP) is 6.06. The number of rotatable bonds is 8. The Morgan fingerprint density at radius 2 is 1.15 bits per heavy atom. The molecule has 3 rings (SSSR count). The van der Waals surface area contributed by atoms with E-state index in [2.05, 4.69) is 51.3 Å². The van der Waals surface area contributed by atoms with Crippen molar-refractivity contribution in [2.75, 3.05) is 32.7 Å².